The van der Waals surface area contributed by atoms with Crippen LogP contribution < -0.4 is 5.20 Å². The summed E-state index contributed by atoms with van der Waals surface area (Å²) in [5.74, 6) is 0. The van der Waals surface area contributed by atoms with Crippen molar-refractivity contribution in [1.82, 2.24) is 5.20 Å². The second-order valence-corrected chi connectivity index (χ2v) is 0.900. The normalized spacial score (nSPS) is 18.0. The zero-order valence-electron chi connectivity index (χ0n) is 1.39. The average Bonchev–Trinajstić information content (AvgIpc) is 1.46. The van der Waals surface area contributed by atoms with E-state index in [-0.39, 0.29) is 18.9 Å². The van der Waals surface area contributed by atoms with Crippen molar-refractivity contribution in [3.8, 4) is 0 Å². The topological polar surface area (TPSA) is 34.3 Å². The molecule has 2 nitrogen and oxygen atoms in total. The zero-order valence-corrected chi connectivity index (χ0v) is 2.29. The minimum absolute atomic E-state index is 0. The standard InChI is InChI=1S/Li.HN2P.H/c;1-2-3-1;/h;(H,1,2);. The Labute approximate surface area is 38.1 Å². The summed E-state index contributed by atoms with van der Waals surface area (Å²) in [6.07, 6.45) is 0. The first-order valence-electron chi connectivity index (χ1n) is 0.647. The summed E-state index contributed by atoms with van der Waals surface area (Å²) in [4.78, 5) is 3.47. The van der Waals surface area contributed by atoms with Crippen molar-refractivity contribution >= 4 is 27.4 Å². The molecule has 18 valence electrons. The SMILES string of the molecule is N1=PN1.[LiH]. The van der Waals surface area contributed by atoms with Gasteiger partial charge < -0.3 is 0 Å². The molecule has 1 N–H and O–H groups in total. The predicted octanol–water partition coefficient (Wildman–Crippen LogP) is -0.0991. The summed E-state index contributed by atoms with van der Waals surface area (Å²) < 4.78 is 0. The molecule has 0 aliphatic carbocycles. The van der Waals surface area contributed by atoms with E-state index in [4.69, 9.17) is 0 Å². The van der Waals surface area contributed by atoms with Crippen LogP contribution in [0, 0.1) is 0 Å². The van der Waals surface area contributed by atoms with Gasteiger partial charge in [0.15, 0.2) is 0 Å². The van der Waals surface area contributed by atoms with E-state index in [0.29, 0.717) is 0 Å². The quantitative estimate of drug-likeness (QED) is 0.312. The van der Waals surface area contributed by atoms with Crippen LogP contribution in [0.1, 0.15) is 0 Å². The molecule has 1 aliphatic heterocycles. The monoisotopic (exact) mass is 68.0 g/mol. The summed E-state index contributed by atoms with van der Waals surface area (Å²) in [5, 5.41) is 2.60. The second-order valence-electron chi connectivity index (χ2n) is 0.300. The molecule has 0 spiro atoms. The molecule has 0 saturated heterocycles. The summed E-state index contributed by atoms with van der Waals surface area (Å²) in [5.41, 5.74) is 0. The summed E-state index contributed by atoms with van der Waals surface area (Å²) in [6.45, 7) is 0. The molecule has 1 heterocycles. The number of rotatable bonds is 0. The van der Waals surface area contributed by atoms with Gasteiger partial charge in [-0.1, -0.05) is 0 Å². The van der Waals surface area contributed by atoms with E-state index in [1.807, 2.05) is 0 Å². The number of hydrogen-bond donors (Lipinski definition) is 1. The van der Waals surface area contributed by atoms with Crippen LogP contribution in [-0.2, 0) is 0 Å². The fraction of sp³-hybridized carbons (Fsp3) is 0. The summed E-state index contributed by atoms with van der Waals surface area (Å²) in [6, 6.07) is 0. The molecule has 0 aromatic carbocycles. The molecule has 0 bridgehead atoms. The first-order valence-corrected chi connectivity index (χ1v) is 1.49. The summed E-state index contributed by atoms with van der Waals surface area (Å²) >= 11 is 0. The molecule has 4 heavy (non-hydrogen) atoms. The van der Waals surface area contributed by atoms with Crippen LogP contribution in [0.25, 0.3) is 0 Å². The molecule has 1 aliphatic rings. The molecule has 0 saturated carbocycles. The van der Waals surface area contributed by atoms with Gasteiger partial charge in [-0.2, -0.15) is 4.85 Å². The maximum absolute atomic E-state index is 3.47. The van der Waals surface area contributed by atoms with Crippen molar-refractivity contribution in [3.63, 3.8) is 0 Å². The number of hydrogen-bond acceptors (Lipinski definition) is 2. The van der Waals surface area contributed by atoms with Crippen molar-refractivity contribution in [3.05, 3.63) is 0 Å². The van der Waals surface area contributed by atoms with E-state index in [2.05, 4.69) is 10.1 Å². The summed E-state index contributed by atoms with van der Waals surface area (Å²) in [7, 11) is 1.04. The van der Waals surface area contributed by atoms with Crippen LogP contribution >= 0.6 is 8.52 Å². The molecule has 0 unspecified atom stereocenters. The van der Waals surface area contributed by atoms with Gasteiger partial charge in [-0.15, -0.1) is 5.20 Å². The molecule has 0 atom stereocenters. The van der Waals surface area contributed by atoms with Crippen molar-refractivity contribution < 1.29 is 0 Å². The van der Waals surface area contributed by atoms with E-state index < -0.39 is 0 Å². The molecule has 0 aromatic heterocycles. The van der Waals surface area contributed by atoms with Gasteiger partial charge >= 0.3 is 18.9 Å². The Bertz CT molecular complexity index is 29.0. The van der Waals surface area contributed by atoms with Gasteiger partial charge in [0.05, 0.1) is 0 Å². The molecule has 1 rings (SSSR count). The fourth-order valence-electron chi connectivity index (χ4n) is 0. The van der Waals surface area contributed by atoms with Gasteiger partial charge in [0.1, 0.15) is 8.52 Å². The van der Waals surface area contributed by atoms with E-state index >= 15 is 0 Å². The first kappa shape index (κ1) is 4.66. The third-order valence-corrected chi connectivity index (χ3v) is 0.300. The Kier molecular flexibility index (Phi) is 2.25. The van der Waals surface area contributed by atoms with Gasteiger partial charge in [0.2, 0.25) is 0 Å². The van der Waals surface area contributed by atoms with Crippen LogP contribution in [0.2, 0.25) is 0 Å². The van der Waals surface area contributed by atoms with Crippen molar-refractivity contribution in [2.45, 2.75) is 0 Å². The zero-order chi connectivity index (χ0) is 2.12. The van der Waals surface area contributed by atoms with Crippen LogP contribution in [0.15, 0.2) is 4.85 Å². The van der Waals surface area contributed by atoms with Crippen molar-refractivity contribution in [2.75, 3.05) is 0 Å². The van der Waals surface area contributed by atoms with E-state index in [9.17, 15) is 0 Å². The van der Waals surface area contributed by atoms with Gasteiger partial charge in [-0.05, 0) is 0 Å². The molecule has 0 amide bonds. The second kappa shape index (κ2) is 1.93. The Morgan fingerprint density at radius 1 is 1.75 bits per heavy atom. The molecule has 0 aromatic rings. The van der Waals surface area contributed by atoms with Gasteiger partial charge in [0, 0.05) is 0 Å². The third-order valence-electron chi connectivity index (χ3n) is 0.100. The van der Waals surface area contributed by atoms with Crippen LogP contribution in [0.5, 0.6) is 0 Å². The Hall–Kier alpha value is 0.657. The van der Waals surface area contributed by atoms with Crippen molar-refractivity contribution in [2.24, 2.45) is 4.85 Å². The molecular formula is H2LiN2P. The first-order chi connectivity index (χ1) is 1.50. The Balaban J connectivity index is 0.0000000900. The Morgan fingerprint density at radius 3 is 2.00 bits per heavy atom. The minimum atomic E-state index is 0. The molecule has 0 radical (unpaired) electrons. The van der Waals surface area contributed by atoms with Gasteiger partial charge in [0.25, 0.3) is 0 Å². The van der Waals surface area contributed by atoms with E-state index in [1.54, 1.807) is 0 Å². The average molecular weight is 67.9 g/mol. The third kappa shape index (κ3) is 2.66. The molecular weight excluding hydrogens is 65.9 g/mol. The van der Waals surface area contributed by atoms with Gasteiger partial charge in [-0.25, -0.2) is 0 Å². The van der Waals surface area contributed by atoms with E-state index in [0.717, 1.165) is 8.52 Å². The van der Waals surface area contributed by atoms with Crippen LogP contribution in [0.4, 0.5) is 0 Å². The van der Waals surface area contributed by atoms with Crippen molar-refractivity contribution in [1.29, 1.82) is 0 Å². The van der Waals surface area contributed by atoms with Crippen LogP contribution in [0.3, 0.4) is 0 Å². The fourth-order valence-corrected chi connectivity index (χ4v) is 0. The van der Waals surface area contributed by atoms with Gasteiger partial charge in [-0.3, -0.25) is 0 Å². The van der Waals surface area contributed by atoms with E-state index in [1.165, 1.54) is 0 Å². The predicted molar refractivity (Wildman–Crippen MR) is 19.6 cm³/mol. The number of nitrogens with one attached hydrogen (secondary N) is 1. The van der Waals surface area contributed by atoms with Crippen LogP contribution in [-0.4, -0.2) is 18.9 Å². The molecule has 0 fully saturated rings. The number of nitrogens with zero attached hydrogens (tertiary/aromatic N) is 1. The Morgan fingerprint density at radius 2 is 2.00 bits per heavy atom. The maximum atomic E-state index is 3.47. The molecule has 4 heteroatoms.